The minimum atomic E-state index is -0.359. The first-order valence-corrected chi connectivity index (χ1v) is 6.95. The molecule has 0 heterocycles. The van der Waals surface area contributed by atoms with Gasteiger partial charge >= 0.3 is 0 Å². The van der Waals surface area contributed by atoms with Gasteiger partial charge in [-0.05, 0) is 29.7 Å². The topological polar surface area (TPSA) is 17.1 Å². The van der Waals surface area contributed by atoms with E-state index in [1.54, 1.807) is 12.1 Å². The van der Waals surface area contributed by atoms with Gasteiger partial charge in [0.1, 0.15) is 5.82 Å². The largest absolute Gasteiger partial charge is 0.298 e. The quantitative estimate of drug-likeness (QED) is 0.737. The van der Waals surface area contributed by atoms with Crippen LogP contribution in [0.2, 0.25) is 0 Å². The van der Waals surface area contributed by atoms with Crippen molar-refractivity contribution in [3.8, 4) is 0 Å². The Morgan fingerprint density at radius 2 is 1.79 bits per heavy atom. The number of hydrogen-bond donors (Lipinski definition) is 0. The molecule has 2 aromatic carbocycles. The number of carbonyl (C=O) groups excluding carboxylic acids is 1. The van der Waals surface area contributed by atoms with Crippen molar-refractivity contribution in [2.45, 2.75) is 29.6 Å². The second-order valence-electron chi connectivity index (χ2n) is 4.60. The maximum Gasteiger partial charge on any atom is 0.151 e. The summed E-state index contributed by atoms with van der Waals surface area (Å²) in [6.45, 7) is 4.26. The summed E-state index contributed by atoms with van der Waals surface area (Å²) in [5.74, 6) is 0.112. The van der Waals surface area contributed by atoms with Crippen molar-refractivity contribution in [1.29, 1.82) is 0 Å². The minimum Gasteiger partial charge on any atom is -0.298 e. The minimum absolute atomic E-state index is 0.359. The molecule has 19 heavy (non-hydrogen) atoms. The third-order valence-electron chi connectivity index (χ3n) is 2.89. The van der Waals surface area contributed by atoms with E-state index < -0.39 is 0 Å². The SMILES string of the molecule is CC(C)c1ccc(Sc2c(F)cccc2C=O)cc1. The van der Waals surface area contributed by atoms with E-state index in [-0.39, 0.29) is 5.82 Å². The van der Waals surface area contributed by atoms with Crippen molar-refractivity contribution in [1.82, 2.24) is 0 Å². The number of aldehydes is 1. The molecule has 0 aliphatic heterocycles. The number of halogens is 1. The molecule has 0 saturated carbocycles. The number of hydrogen-bond acceptors (Lipinski definition) is 2. The molecule has 0 aromatic heterocycles. The van der Waals surface area contributed by atoms with Crippen LogP contribution in [-0.4, -0.2) is 6.29 Å². The van der Waals surface area contributed by atoms with Gasteiger partial charge in [-0.25, -0.2) is 4.39 Å². The highest BCUT2D eigenvalue weighted by Crippen LogP contribution is 2.32. The van der Waals surface area contributed by atoms with E-state index in [1.807, 2.05) is 24.3 Å². The molecular weight excluding hydrogens is 259 g/mol. The van der Waals surface area contributed by atoms with E-state index in [0.717, 1.165) is 4.90 Å². The van der Waals surface area contributed by atoms with Crippen LogP contribution in [0, 0.1) is 5.82 Å². The molecular formula is C16H15FOS. The molecule has 0 atom stereocenters. The smallest absolute Gasteiger partial charge is 0.151 e. The summed E-state index contributed by atoms with van der Waals surface area (Å²) in [4.78, 5) is 12.2. The lowest BCUT2D eigenvalue weighted by Gasteiger charge is -2.08. The van der Waals surface area contributed by atoms with Gasteiger partial charge in [-0.2, -0.15) is 0 Å². The Hall–Kier alpha value is -1.61. The Balaban J connectivity index is 2.28. The summed E-state index contributed by atoms with van der Waals surface area (Å²) in [6, 6.07) is 12.5. The maximum atomic E-state index is 13.8. The molecule has 0 unspecified atom stereocenters. The summed E-state index contributed by atoms with van der Waals surface area (Å²) < 4.78 is 13.8. The van der Waals surface area contributed by atoms with Gasteiger partial charge in [0.25, 0.3) is 0 Å². The van der Waals surface area contributed by atoms with Gasteiger partial charge in [0.05, 0.1) is 4.90 Å². The molecule has 2 aromatic rings. The first kappa shape index (κ1) is 13.8. The average Bonchev–Trinajstić information content (AvgIpc) is 2.41. The van der Waals surface area contributed by atoms with Gasteiger partial charge in [0.15, 0.2) is 6.29 Å². The van der Waals surface area contributed by atoms with E-state index in [4.69, 9.17) is 0 Å². The summed E-state index contributed by atoms with van der Waals surface area (Å²) >= 11 is 1.28. The molecule has 98 valence electrons. The van der Waals surface area contributed by atoms with Crippen LogP contribution in [0.4, 0.5) is 4.39 Å². The first-order chi connectivity index (χ1) is 9.11. The molecule has 0 spiro atoms. The lowest BCUT2D eigenvalue weighted by atomic mass is 10.0. The van der Waals surface area contributed by atoms with Crippen LogP contribution >= 0.6 is 11.8 Å². The van der Waals surface area contributed by atoms with E-state index in [1.165, 1.54) is 23.4 Å². The van der Waals surface area contributed by atoms with Crippen LogP contribution in [0.25, 0.3) is 0 Å². The highest BCUT2D eigenvalue weighted by molar-refractivity contribution is 7.99. The molecule has 0 aliphatic carbocycles. The first-order valence-electron chi connectivity index (χ1n) is 6.13. The van der Waals surface area contributed by atoms with Crippen molar-refractivity contribution >= 4 is 18.0 Å². The summed E-state index contributed by atoms with van der Waals surface area (Å²) in [5, 5.41) is 0. The van der Waals surface area contributed by atoms with Crippen molar-refractivity contribution < 1.29 is 9.18 Å². The van der Waals surface area contributed by atoms with E-state index in [0.29, 0.717) is 22.7 Å². The molecule has 0 bridgehead atoms. The zero-order chi connectivity index (χ0) is 13.8. The Bertz CT molecular complexity index is 576. The average molecular weight is 274 g/mol. The van der Waals surface area contributed by atoms with Gasteiger partial charge < -0.3 is 0 Å². The molecule has 3 heteroatoms. The van der Waals surface area contributed by atoms with Crippen molar-refractivity contribution in [3.05, 3.63) is 59.4 Å². The molecule has 0 saturated heterocycles. The zero-order valence-corrected chi connectivity index (χ0v) is 11.7. The standard InChI is InChI=1S/C16H15FOS/c1-11(2)12-6-8-14(9-7-12)19-16-13(10-18)4-3-5-15(16)17/h3-11H,1-2H3. The van der Waals surface area contributed by atoms with Crippen LogP contribution in [0.1, 0.15) is 35.7 Å². The molecule has 1 nitrogen and oxygen atoms in total. The molecule has 2 rings (SSSR count). The van der Waals surface area contributed by atoms with Crippen molar-refractivity contribution in [2.24, 2.45) is 0 Å². The Kier molecular flexibility index (Phi) is 4.38. The van der Waals surface area contributed by atoms with E-state index in [2.05, 4.69) is 13.8 Å². The fraction of sp³-hybridized carbons (Fsp3) is 0.188. The van der Waals surface area contributed by atoms with Crippen LogP contribution in [-0.2, 0) is 0 Å². The number of benzene rings is 2. The summed E-state index contributed by atoms with van der Waals surface area (Å²) in [5.41, 5.74) is 1.63. The Morgan fingerprint density at radius 1 is 1.11 bits per heavy atom. The predicted molar refractivity (Wildman–Crippen MR) is 76.4 cm³/mol. The third-order valence-corrected chi connectivity index (χ3v) is 4.03. The fourth-order valence-corrected chi connectivity index (χ4v) is 2.67. The van der Waals surface area contributed by atoms with Crippen LogP contribution in [0.3, 0.4) is 0 Å². The second-order valence-corrected chi connectivity index (χ2v) is 5.69. The van der Waals surface area contributed by atoms with E-state index in [9.17, 15) is 9.18 Å². The highest BCUT2D eigenvalue weighted by atomic mass is 32.2. The molecule has 0 N–H and O–H groups in total. The predicted octanol–water partition coefficient (Wildman–Crippen LogP) is 4.91. The lowest BCUT2D eigenvalue weighted by molar-refractivity contribution is 0.112. The van der Waals surface area contributed by atoms with Crippen molar-refractivity contribution in [3.63, 3.8) is 0 Å². The van der Waals surface area contributed by atoms with Crippen molar-refractivity contribution in [2.75, 3.05) is 0 Å². The molecule has 0 amide bonds. The maximum absolute atomic E-state index is 13.8. The summed E-state index contributed by atoms with van der Waals surface area (Å²) in [7, 11) is 0. The third kappa shape index (κ3) is 3.24. The van der Waals surface area contributed by atoms with E-state index >= 15 is 0 Å². The lowest BCUT2D eigenvalue weighted by Crippen LogP contribution is -1.90. The van der Waals surface area contributed by atoms with Gasteiger partial charge in [-0.1, -0.05) is 49.9 Å². The van der Waals surface area contributed by atoms with Crippen LogP contribution < -0.4 is 0 Å². The molecule has 0 aliphatic rings. The second kappa shape index (κ2) is 6.02. The molecule has 0 fully saturated rings. The van der Waals surface area contributed by atoms with Crippen LogP contribution in [0.15, 0.2) is 52.3 Å². The highest BCUT2D eigenvalue weighted by Gasteiger charge is 2.09. The van der Waals surface area contributed by atoms with Gasteiger partial charge in [0.2, 0.25) is 0 Å². The fourth-order valence-electron chi connectivity index (χ4n) is 1.76. The Morgan fingerprint density at radius 3 is 2.37 bits per heavy atom. The normalized spacial score (nSPS) is 10.7. The van der Waals surface area contributed by atoms with Gasteiger partial charge in [-0.15, -0.1) is 0 Å². The number of rotatable bonds is 4. The zero-order valence-electron chi connectivity index (χ0n) is 10.9. The Labute approximate surface area is 116 Å². The van der Waals surface area contributed by atoms with Crippen LogP contribution in [0.5, 0.6) is 0 Å². The monoisotopic (exact) mass is 274 g/mol. The molecule has 0 radical (unpaired) electrons. The summed E-state index contributed by atoms with van der Waals surface area (Å²) in [6.07, 6.45) is 0.688. The number of carbonyl (C=O) groups is 1. The van der Waals surface area contributed by atoms with Gasteiger partial charge in [0, 0.05) is 10.5 Å². The van der Waals surface area contributed by atoms with Gasteiger partial charge in [-0.3, -0.25) is 4.79 Å².